The first-order valence-electron chi connectivity index (χ1n) is 6.38. The standard InChI is InChI=1S/C16H15NO3S/c1-11-5-2-3-8-14(11)21-10-15(18)17-13-7-4-6-12(9-13)16(19)20/h2-9H,10H2,1H3,(H,17,18)(H,19,20). The second kappa shape index (κ2) is 6.95. The van der Waals surface area contributed by atoms with Gasteiger partial charge >= 0.3 is 5.97 Å². The molecular formula is C16H15NO3S. The number of rotatable bonds is 5. The second-order valence-electron chi connectivity index (χ2n) is 4.49. The van der Waals surface area contributed by atoms with Crippen molar-refractivity contribution in [3.05, 3.63) is 59.7 Å². The van der Waals surface area contributed by atoms with Crippen molar-refractivity contribution < 1.29 is 14.7 Å². The number of aryl methyl sites for hydroxylation is 1. The van der Waals surface area contributed by atoms with E-state index in [0.29, 0.717) is 5.69 Å². The molecule has 2 aromatic carbocycles. The van der Waals surface area contributed by atoms with E-state index in [1.807, 2.05) is 31.2 Å². The molecule has 0 bridgehead atoms. The fourth-order valence-electron chi connectivity index (χ4n) is 1.79. The number of thioether (sulfide) groups is 1. The fraction of sp³-hybridized carbons (Fsp3) is 0.125. The van der Waals surface area contributed by atoms with Crippen molar-refractivity contribution in [3.8, 4) is 0 Å². The maximum absolute atomic E-state index is 11.9. The van der Waals surface area contributed by atoms with Crippen LogP contribution in [0.5, 0.6) is 0 Å². The highest BCUT2D eigenvalue weighted by atomic mass is 32.2. The van der Waals surface area contributed by atoms with E-state index in [4.69, 9.17) is 5.11 Å². The van der Waals surface area contributed by atoms with Crippen LogP contribution in [-0.2, 0) is 4.79 Å². The third-order valence-electron chi connectivity index (χ3n) is 2.85. The molecule has 0 heterocycles. The van der Waals surface area contributed by atoms with Gasteiger partial charge in [0, 0.05) is 10.6 Å². The molecule has 0 saturated heterocycles. The van der Waals surface area contributed by atoms with Crippen LogP contribution in [0, 0.1) is 6.92 Å². The van der Waals surface area contributed by atoms with E-state index in [9.17, 15) is 9.59 Å². The van der Waals surface area contributed by atoms with Crippen molar-refractivity contribution in [2.24, 2.45) is 0 Å². The first-order chi connectivity index (χ1) is 10.1. The molecule has 5 heteroatoms. The average molecular weight is 301 g/mol. The summed E-state index contributed by atoms with van der Waals surface area (Å²) in [6, 6.07) is 14.1. The summed E-state index contributed by atoms with van der Waals surface area (Å²) in [4.78, 5) is 23.8. The van der Waals surface area contributed by atoms with E-state index in [0.717, 1.165) is 10.5 Å². The number of nitrogens with one attached hydrogen (secondary N) is 1. The number of hydrogen-bond acceptors (Lipinski definition) is 3. The van der Waals surface area contributed by atoms with Crippen LogP contribution >= 0.6 is 11.8 Å². The van der Waals surface area contributed by atoms with Crippen molar-refractivity contribution in [2.75, 3.05) is 11.1 Å². The number of hydrogen-bond donors (Lipinski definition) is 2. The highest BCUT2D eigenvalue weighted by Crippen LogP contribution is 2.22. The van der Waals surface area contributed by atoms with Crippen LogP contribution < -0.4 is 5.32 Å². The molecule has 0 fully saturated rings. The minimum atomic E-state index is -1.01. The van der Waals surface area contributed by atoms with Crippen molar-refractivity contribution in [1.82, 2.24) is 0 Å². The Labute approximate surface area is 127 Å². The van der Waals surface area contributed by atoms with E-state index in [1.165, 1.54) is 23.9 Å². The number of benzene rings is 2. The van der Waals surface area contributed by atoms with Gasteiger partial charge in [-0.1, -0.05) is 24.3 Å². The summed E-state index contributed by atoms with van der Waals surface area (Å²) >= 11 is 1.46. The molecule has 1 amide bonds. The van der Waals surface area contributed by atoms with Crippen LogP contribution in [-0.4, -0.2) is 22.7 Å². The molecule has 21 heavy (non-hydrogen) atoms. The van der Waals surface area contributed by atoms with E-state index < -0.39 is 5.97 Å². The van der Waals surface area contributed by atoms with Crippen LogP contribution in [0.2, 0.25) is 0 Å². The van der Waals surface area contributed by atoms with Crippen LogP contribution in [0.15, 0.2) is 53.4 Å². The molecule has 0 aromatic heterocycles. The van der Waals surface area contributed by atoms with Crippen molar-refractivity contribution in [2.45, 2.75) is 11.8 Å². The van der Waals surface area contributed by atoms with Gasteiger partial charge in [0.2, 0.25) is 5.91 Å². The molecule has 0 atom stereocenters. The number of amides is 1. The number of anilines is 1. The molecule has 2 rings (SSSR count). The second-order valence-corrected chi connectivity index (χ2v) is 5.51. The van der Waals surface area contributed by atoms with Crippen LogP contribution in [0.3, 0.4) is 0 Å². The molecule has 0 spiro atoms. The highest BCUT2D eigenvalue weighted by Gasteiger charge is 2.07. The Morgan fingerprint density at radius 3 is 2.62 bits per heavy atom. The zero-order chi connectivity index (χ0) is 15.2. The zero-order valence-electron chi connectivity index (χ0n) is 11.5. The Kier molecular flexibility index (Phi) is 5.00. The molecule has 4 nitrogen and oxygen atoms in total. The Hall–Kier alpha value is -2.27. The monoisotopic (exact) mass is 301 g/mol. The number of carboxylic acid groups (broad SMARTS) is 1. The molecule has 108 valence electrons. The Bertz CT molecular complexity index is 670. The summed E-state index contributed by atoms with van der Waals surface area (Å²) in [7, 11) is 0. The normalized spacial score (nSPS) is 10.1. The van der Waals surface area contributed by atoms with Gasteiger partial charge in [0.25, 0.3) is 0 Å². The van der Waals surface area contributed by atoms with Gasteiger partial charge in [-0.3, -0.25) is 4.79 Å². The lowest BCUT2D eigenvalue weighted by Gasteiger charge is -2.07. The van der Waals surface area contributed by atoms with Crippen molar-refractivity contribution >= 4 is 29.3 Å². The largest absolute Gasteiger partial charge is 0.478 e. The fourth-order valence-corrected chi connectivity index (χ4v) is 2.62. The third kappa shape index (κ3) is 4.36. The lowest BCUT2D eigenvalue weighted by atomic mass is 10.2. The number of carbonyl (C=O) groups excluding carboxylic acids is 1. The van der Waals surface area contributed by atoms with Crippen molar-refractivity contribution in [3.63, 3.8) is 0 Å². The van der Waals surface area contributed by atoms with Crippen LogP contribution in [0.25, 0.3) is 0 Å². The Morgan fingerprint density at radius 1 is 1.14 bits per heavy atom. The van der Waals surface area contributed by atoms with Gasteiger partial charge in [0.05, 0.1) is 11.3 Å². The topological polar surface area (TPSA) is 66.4 Å². The Morgan fingerprint density at radius 2 is 1.90 bits per heavy atom. The molecule has 0 aliphatic heterocycles. The molecular weight excluding hydrogens is 286 g/mol. The predicted octanol–water partition coefficient (Wildman–Crippen LogP) is 3.42. The molecule has 0 unspecified atom stereocenters. The number of carboxylic acids is 1. The van der Waals surface area contributed by atoms with Gasteiger partial charge in [-0.2, -0.15) is 0 Å². The van der Waals surface area contributed by atoms with E-state index in [-0.39, 0.29) is 17.2 Å². The van der Waals surface area contributed by atoms with E-state index >= 15 is 0 Å². The third-order valence-corrected chi connectivity index (χ3v) is 4.02. The van der Waals surface area contributed by atoms with Gasteiger partial charge in [-0.05, 0) is 36.8 Å². The minimum absolute atomic E-state index is 0.152. The number of aromatic carboxylic acids is 1. The zero-order valence-corrected chi connectivity index (χ0v) is 12.3. The maximum Gasteiger partial charge on any atom is 0.335 e. The van der Waals surface area contributed by atoms with Gasteiger partial charge in [-0.25, -0.2) is 4.79 Å². The summed E-state index contributed by atoms with van der Waals surface area (Å²) in [5.74, 6) is -0.895. The molecule has 0 saturated carbocycles. The quantitative estimate of drug-likeness (QED) is 0.830. The molecule has 0 aliphatic carbocycles. The van der Waals surface area contributed by atoms with Crippen LogP contribution in [0.1, 0.15) is 15.9 Å². The van der Waals surface area contributed by atoms with E-state index in [1.54, 1.807) is 12.1 Å². The Balaban J connectivity index is 1.95. The summed E-state index contributed by atoms with van der Waals surface area (Å²) in [6.45, 7) is 2.00. The summed E-state index contributed by atoms with van der Waals surface area (Å²) in [6.07, 6.45) is 0. The first kappa shape index (κ1) is 15.1. The summed E-state index contributed by atoms with van der Waals surface area (Å²) < 4.78 is 0. The predicted molar refractivity (Wildman–Crippen MR) is 83.9 cm³/mol. The molecule has 2 aromatic rings. The summed E-state index contributed by atoms with van der Waals surface area (Å²) in [5, 5.41) is 11.6. The van der Waals surface area contributed by atoms with Crippen molar-refractivity contribution in [1.29, 1.82) is 0 Å². The lowest BCUT2D eigenvalue weighted by Crippen LogP contribution is -2.14. The lowest BCUT2D eigenvalue weighted by molar-refractivity contribution is -0.113. The average Bonchev–Trinajstić information content (AvgIpc) is 2.46. The van der Waals surface area contributed by atoms with Gasteiger partial charge in [0.15, 0.2) is 0 Å². The summed E-state index contributed by atoms with van der Waals surface area (Å²) in [5.41, 5.74) is 1.77. The van der Waals surface area contributed by atoms with E-state index in [2.05, 4.69) is 5.32 Å². The minimum Gasteiger partial charge on any atom is -0.478 e. The SMILES string of the molecule is Cc1ccccc1SCC(=O)Nc1cccc(C(=O)O)c1. The van der Waals surface area contributed by atoms with Crippen LogP contribution in [0.4, 0.5) is 5.69 Å². The van der Waals surface area contributed by atoms with Gasteiger partial charge in [0.1, 0.15) is 0 Å². The molecule has 0 radical (unpaired) electrons. The molecule has 2 N–H and O–H groups in total. The van der Waals surface area contributed by atoms with Gasteiger partial charge < -0.3 is 10.4 Å². The maximum atomic E-state index is 11.9. The smallest absolute Gasteiger partial charge is 0.335 e. The first-order valence-corrected chi connectivity index (χ1v) is 7.36. The molecule has 0 aliphatic rings. The van der Waals surface area contributed by atoms with Gasteiger partial charge in [-0.15, -0.1) is 11.8 Å². The number of carbonyl (C=O) groups is 2. The highest BCUT2D eigenvalue weighted by molar-refractivity contribution is 8.00.